The van der Waals surface area contributed by atoms with E-state index < -0.39 is 0 Å². The van der Waals surface area contributed by atoms with Crippen LogP contribution in [0.3, 0.4) is 0 Å². The average molecular weight is 263 g/mol. The summed E-state index contributed by atoms with van der Waals surface area (Å²) in [5.74, 6) is 1.70. The molecule has 0 bridgehead atoms. The van der Waals surface area contributed by atoms with Gasteiger partial charge in [-0.1, -0.05) is 0 Å². The zero-order valence-corrected chi connectivity index (χ0v) is 11.5. The molecule has 2 aromatic rings. The van der Waals surface area contributed by atoms with Gasteiger partial charge >= 0.3 is 0 Å². The Morgan fingerprint density at radius 3 is 3.00 bits per heavy atom. The van der Waals surface area contributed by atoms with Crippen molar-refractivity contribution < 1.29 is 4.74 Å². The topological polar surface area (TPSA) is 47.0 Å². The van der Waals surface area contributed by atoms with Crippen LogP contribution >= 0.6 is 11.3 Å². The van der Waals surface area contributed by atoms with E-state index in [0.29, 0.717) is 0 Å². The Bertz CT molecular complexity index is 560. The highest BCUT2D eigenvalue weighted by Crippen LogP contribution is 2.35. The van der Waals surface area contributed by atoms with Crippen LogP contribution in [-0.2, 0) is 10.3 Å². The summed E-state index contributed by atoms with van der Waals surface area (Å²) in [6.07, 6.45) is 3.31. The minimum atomic E-state index is -0.331. The average Bonchev–Trinajstić information content (AvgIpc) is 2.86. The Morgan fingerprint density at radius 2 is 2.28 bits per heavy atom. The molecule has 1 fully saturated rings. The van der Waals surface area contributed by atoms with Crippen LogP contribution in [0.5, 0.6) is 0 Å². The number of hydrogen-bond acceptors (Lipinski definition) is 5. The Hall–Kier alpha value is -1.20. The maximum Gasteiger partial charge on any atom is 0.163 e. The molecule has 1 atom stereocenters. The van der Waals surface area contributed by atoms with Gasteiger partial charge in [0, 0.05) is 13.7 Å². The van der Waals surface area contributed by atoms with Gasteiger partial charge in [0.2, 0.25) is 0 Å². The molecule has 1 unspecified atom stereocenters. The van der Waals surface area contributed by atoms with Crippen molar-refractivity contribution in [1.29, 1.82) is 0 Å². The zero-order chi connectivity index (χ0) is 12.6. The van der Waals surface area contributed by atoms with Gasteiger partial charge in [-0.05, 0) is 37.6 Å². The Labute approximate surface area is 110 Å². The van der Waals surface area contributed by atoms with Crippen LogP contribution in [0.15, 0.2) is 11.4 Å². The van der Waals surface area contributed by atoms with E-state index in [0.717, 1.165) is 41.3 Å². The van der Waals surface area contributed by atoms with Gasteiger partial charge in [-0.25, -0.2) is 9.97 Å². The van der Waals surface area contributed by atoms with Crippen LogP contribution in [-0.4, -0.2) is 23.6 Å². The predicted molar refractivity (Wildman–Crippen MR) is 74.1 cm³/mol. The normalized spacial score (nSPS) is 24.3. The zero-order valence-electron chi connectivity index (χ0n) is 10.7. The van der Waals surface area contributed by atoms with Crippen LogP contribution in [0.2, 0.25) is 0 Å². The van der Waals surface area contributed by atoms with Gasteiger partial charge in [0.15, 0.2) is 5.82 Å². The van der Waals surface area contributed by atoms with E-state index in [1.807, 2.05) is 12.4 Å². The molecule has 0 saturated carbocycles. The molecule has 3 rings (SSSR count). The van der Waals surface area contributed by atoms with Gasteiger partial charge in [0.25, 0.3) is 0 Å². The van der Waals surface area contributed by atoms with Crippen LogP contribution in [0.1, 0.15) is 32.0 Å². The summed E-state index contributed by atoms with van der Waals surface area (Å²) >= 11 is 1.65. The lowest BCUT2D eigenvalue weighted by molar-refractivity contribution is -0.0757. The Balaban J connectivity index is 2.10. The summed E-state index contributed by atoms with van der Waals surface area (Å²) < 4.78 is 5.93. The number of rotatable bonds is 2. The summed E-state index contributed by atoms with van der Waals surface area (Å²) in [5, 5.41) is 6.29. The second kappa shape index (κ2) is 4.48. The van der Waals surface area contributed by atoms with E-state index in [1.54, 1.807) is 11.3 Å². The number of ether oxygens (including phenoxy) is 1. The molecule has 0 aromatic carbocycles. The van der Waals surface area contributed by atoms with Crippen molar-refractivity contribution in [3.05, 3.63) is 17.3 Å². The van der Waals surface area contributed by atoms with E-state index in [1.165, 1.54) is 6.42 Å². The van der Waals surface area contributed by atoms with E-state index in [2.05, 4.69) is 28.3 Å². The first-order chi connectivity index (χ1) is 8.73. The number of aromatic nitrogens is 2. The molecule has 0 spiro atoms. The third-order valence-electron chi connectivity index (χ3n) is 3.50. The third kappa shape index (κ3) is 1.87. The lowest BCUT2D eigenvalue weighted by Crippen LogP contribution is -2.32. The lowest BCUT2D eigenvalue weighted by Gasteiger charge is -2.32. The van der Waals surface area contributed by atoms with Crippen LogP contribution in [0.4, 0.5) is 5.82 Å². The van der Waals surface area contributed by atoms with Crippen molar-refractivity contribution in [2.45, 2.75) is 31.8 Å². The van der Waals surface area contributed by atoms with Gasteiger partial charge in [-0.15, -0.1) is 11.3 Å². The molecule has 5 heteroatoms. The molecule has 4 nitrogen and oxygen atoms in total. The molecule has 1 aliphatic rings. The minimum absolute atomic E-state index is 0.331. The molecule has 0 radical (unpaired) electrons. The molecule has 1 aliphatic heterocycles. The van der Waals surface area contributed by atoms with Crippen molar-refractivity contribution in [2.75, 3.05) is 19.0 Å². The van der Waals surface area contributed by atoms with Crippen molar-refractivity contribution in [3.63, 3.8) is 0 Å². The van der Waals surface area contributed by atoms with Crippen molar-refractivity contribution in [3.8, 4) is 0 Å². The van der Waals surface area contributed by atoms with Gasteiger partial charge < -0.3 is 10.1 Å². The largest absolute Gasteiger partial charge is 0.372 e. The first-order valence-corrected chi connectivity index (χ1v) is 7.18. The molecular formula is C13H17N3OS. The van der Waals surface area contributed by atoms with Gasteiger partial charge in [-0.3, -0.25) is 0 Å². The molecular weight excluding hydrogens is 246 g/mol. The predicted octanol–water partition coefficient (Wildman–Crippen LogP) is 3.15. The smallest absolute Gasteiger partial charge is 0.163 e. The van der Waals surface area contributed by atoms with Gasteiger partial charge in [0.05, 0.1) is 5.39 Å². The van der Waals surface area contributed by atoms with Crippen molar-refractivity contribution in [1.82, 2.24) is 9.97 Å². The highest BCUT2D eigenvalue weighted by atomic mass is 32.1. The number of hydrogen-bond donors (Lipinski definition) is 1. The first kappa shape index (κ1) is 11.9. The van der Waals surface area contributed by atoms with Crippen molar-refractivity contribution in [2.24, 2.45) is 0 Å². The quantitative estimate of drug-likeness (QED) is 0.904. The lowest BCUT2D eigenvalue weighted by atomic mass is 9.95. The molecule has 0 amide bonds. The summed E-state index contributed by atoms with van der Waals surface area (Å²) in [4.78, 5) is 10.4. The SMILES string of the molecule is CNc1nc(C2(C)CCCCO2)nc2sccc12. The summed E-state index contributed by atoms with van der Waals surface area (Å²) in [5.41, 5.74) is -0.331. The van der Waals surface area contributed by atoms with E-state index in [4.69, 9.17) is 4.74 Å². The monoisotopic (exact) mass is 263 g/mol. The second-order valence-corrected chi connectivity index (χ2v) is 5.72. The molecule has 2 aromatic heterocycles. The molecule has 96 valence electrons. The number of fused-ring (bicyclic) bond motifs is 1. The number of nitrogens with one attached hydrogen (secondary N) is 1. The molecule has 1 N–H and O–H groups in total. The highest BCUT2D eigenvalue weighted by molar-refractivity contribution is 7.16. The number of anilines is 1. The van der Waals surface area contributed by atoms with Crippen LogP contribution in [0.25, 0.3) is 10.2 Å². The summed E-state index contributed by atoms with van der Waals surface area (Å²) in [7, 11) is 1.90. The maximum absolute atomic E-state index is 5.93. The maximum atomic E-state index is 5.93. The van der Waals surface area contributed by atoms with Gasteiger partial charge in [0.1, 0.15) is 16.2 Å². The van der Waals surface area contributed by atoms with E-state index >= 15 is 0 Å². The fourth-order valence-corrected chi connectivity index (χ4v) is 3.16. The van der Waals surface area contributed by atoms with Gasteiger partial charge in [-0.2, -0.15) is 0 Å². The highest BCUT2D eigenvalue weighted by Gasteiger charge is 2.33. The van der Waals surface area contributed by atoms with E-state index in [-0.39, 0.29) is 5.60 Å². The van der Waals surface area contributed by atoms with E-state index in [9.17, 15) is 0 Å². The number of thiophene rings is 1. The van der Waals surface area contributed by atoms with Crippen molar-refractivity contribution >= 4 is 27.4 Å². The molecule has 0 aliphatic carbocycles. The second-order valence-electron chi connectivity index (χ2n) is 4.82. The standard InChI is InChI=1S/C13H17N3OS/c1-13(6-3-4-7-17-13)12-15-10(14-2)9-5-8-18-11(9)16-12/h5,8H,3-4,6-7H2,1-2H3,(H,14,15,16). The Kier molecular flexibility index (Phi) is 2.95. The molecule has 18 heavy (non-hydrogen) atoms. The third-order valence-corrected chi connectivity index (χ3v) is 4.31. The fraction of sp³-hybridized carbons (Fsp3) is 0.538. The fourth-order valence-electron chi connectivity index (χ4n) is 2.39. The summed E-state index contributed by atoms with van der Waals surface area (Å²) in [6.45, 7) is 2.90. The number of nitrogens with zero attached hydrogens (tertiary/aromatic N) is 2. The van der Waals surface area contributed by atoms with Crippen LogP contribution in [0, 0.1) is 0 Å². The summed E-state index contributed by atoms with van der Waals surface area (Å²) in [6, 6.07) is 2.06. The first-order valence-electron chi connectivity index (χ1n) is 6.30. The Morgan fingerprint density at radius 1 is 1.39 bits per heavy atom. The van der Waals surface area contributed by atoms with Crippen LogP contribution < -0.4 is 5.32 Å². The molecule has 1 saturated heterocycles. The molecule has 3 heterocycles. The minimum Gasteiger partial charge on any atom is -0.372 e.